The Bertz CT molecular complexity index is 402. The second-order valence-electron chi connectivity index (χ2n) is 2.77. The molecular weight excluding hydrogens is 281 g/mol. The van der Waals surface area contributed by atoms with Gasteiger partial charge in [-0.05, 0) is 35.0 Å². The van der Waals surface area contributed by atoms with Gasteiger partial charge in [-0.1, -0.05) is 6.07 Å². The number of ether oxygens (including phenoxy) is 1. The molecule has 0 saturated carbocycles. The number of benzene rings is 1. The van der Waals surface area contributed by atoms with Gasteiger partial charge in [0.15, 0.2) is 0 Å². The Morgan fingerprint density at radius 1 is 1.50 bits per heavy atom. The number of nitrogens with one attached hydrogen (secondary N) is 1. The second kappa shape index (κ2) is 5.60. The predicted molar refractivity (Wildman–Crippen MR) is 59.4 cm³/mol. The fourth-order valence-electron chi connectivity index (χ4n) is 0.978. The molecule has 0 aliphatic heterocycles. The predicted octanol–water partition coefficient (Wildman–Crippen LogP) is 2.09. The zero-order valence-corrected chi connectivity index (χ0v) is 10.0. The standard InChI is InChI=1S/C10H9BrFNO3/c1-2-16-10(15)9(14)13-8-6(11)4-3-5-7(8)12/h3-5H,2H2,1H3,(H,13,14). The van der Waals surface area contributed by atoms with Crippen molar-refractivity contribution in [3.05, 3.63) is 28.5 Å². The SMILES string of the molecule is CCOC(=O)C(=O)Nc1c(F)cccc1Br. The van der Waals surface area contributed by atoms with E-state index in [0.29, 0.717) is 4.47 Å². The monoisotopic (exact) mass is 289 g/mol. The van der Waals surface area contributed by atoms with E-state index in [9.17, 15) is 14.0 Å². The third kappa shape index (κ3) is 3.03. The van der Waals surface area contributed by atoms with E-state index in [2.05, 4.69) is 26.0 Å². The average molecular weight is 290 g/mol. The molecule has 0 aliphatic rings. The molecule has 1 amide bonds. The molecular formula is C10H9BrFNO3. The van der Waals surface area contributed by atoms with Crippen molar-refractivity contribution in [3.8, 4) is 0 Å². The normalized spacial score (nSPS) is 9.69. The first kappa shape index (κ1) is 12.6. The van der Waals surface area contributed by atoms with Gasteiger partial charge in [-0.15, -0.1) is 0 Å². The van der Waals surface area contributed by atoms with Gasteiger partial charge < -0.3 is 10.1 Å². The van der Waals surface area contributed by atoms with Crippen LogP contribution < -0.4 is 5.32 Å². The molecule has 0 spiro atoms. The molecule has 1 rings (SSSR count). The van der Waals surface area contributed by atoms with Crippen LogP contribution in [0.15, 0.2) is 22.7 Å². The molecule has 0 aliphatic carbocycles. The van der Waals surface area contributed by atoms with Crippen molar-refractivity contribution < 1.29 is 18.7 Å². The Morgan fingerprint density at radius 2 is 2.19 bits per heavy atom. The molecule has 1 aromatic rings. The number of carbonyl (C=O) groups excluding carboxylic acids is 2. The molecule has 86 valence electrons. The lowest BCUT2D eigenvalue weighted by molar-refractivity contribution is -0.152. The van der Waals surface area contributed by atoms with Crippen LogP contribution in [0.1, 0.15) is 6.92 Å². The summed E-state index contributed by atoms with van der Waals surface area (Å²) in [6.07, 6.45) is 0. The number of anilines is 1. The van der Waals surface area contributed by atoms with Crippen LogP contribution in [-0.2, 0) is 14.3 Å². The van der Waals surface area contributed by atoms with Crippen LogP contribution in [-0.4, -0.2) is 18.5 Å². The first-order valence-corrected chi connectivity index (χ1v) is 5.27. The van der Waals surface area contributed by atoms with Crippen LogP contribution in [0.25, 0.3) is 0 Å². The Labute approximate surface area is 99.9 Å². The van der Waals surface area contributed by atoms with Crippen molar-refractivity contribution in [2.45, 2.75) is 6.92 Å². The zero-order valence-electron chi connectivity index (χ0n) is 8.42. The molecule has 6 heteroatoms. The van der Waals surface area contributed by atoms with Crippen molar-refractivity contribution >= 4 is 33.5 Å². The Morgan fingerprint density at radius 3 is 2.75 bits per heavy atom. The number of hydrogen-bond donors (Lipinski definition) is 1. The minimum absolute atomic E-state index is 0.0828. The first-order chi connectivity index (χ1) is 7.56. The molecule has 0 unspecified atom stereocenters. The molecule has 1 aromatic carbocycles. The summed E-state index contributed by atoms with van der Waals surface area (Å²) >= 11 is 3.06. The molecule has 0 heterocycles. The van der Waals surface area contributed by atoms with Gasteiger partial charge in [-0.25, -0.2) is 9.18 Å². The maximum atomic E-state index is 13.3. The lowest BCUT2D eigenvalue weighted by atomic mass is 10.3. The van der Waals surface area contributed by atoms with E-state index in [0.717, 1.165) is 0 Å². The third-order valence-corrected chi connectivity index (χ3v) is 2.32. The van der Waals surface area contributed by atoms with Crippen LogP contribution in [0, 0.1) is 5.82 Å². The minimum atomic E-state index is -1.04. The summed E-state index contributed by atoms with van der Waals surface area (Å²) in [6.45, 7) is 1.66. The van der Waals surface area contributed by atoms with E-state index in [1.54, 1.807) is 13.0 Å². The van der Waals surface area contributed by atoms with E-state index in [4.69, 9.17) is 0 Å². The summed E-state index contributed by atoms with van der Waals surface area (Å²) in [5, 5.41) is 2.13. The Kier molecular flexibility index (Phi) is 4.42. The fourth-order valence-corrected chi connectivity index (χ4v) is 1.42. The van der Waals surface area contributed by atoms with Crippen LogP contribution in [0.5, 0.6) is 0 Å². The Hall–Kier alpha value is -1.43. The summed E-state index contributed by atoms with van der Waals surface area (Å²) < 4.78 is 18.1. The maximum absolute atomic E-state index is 13.3. The quantitative estimate of drug-likeness (QED) is 0.670. The van der Waals surface area contributed by atoms with Crippen molar-refractivity contribution in [1.82, 2.24) is 0 Å². The number of carbonyl (C=O) groups is 2. The first-order valence-electron chi connectivity index (χ1n) is 4.48. The summed E-state index contributed by atoms with van der Waals surface area (Å²) in [6, 6.07) is 4.19. The molecule has 4 nitrogen and oxygen atoms in total. The summed E-state index contributed by atoms with van der Waals surface area (Å²) in [4.78, 5) is 22.2. The molecule has 0 aromatic heterocycles. The molecule has 16 heavy (non-hydrogen) atoms. The van der Waals surface area contributed by atoms with E-state index in [1.165, 1.54) is 12.1 Å². The van der Waals surface area contributed by atoms with Crippen molar-refractivity contribution in [2.75, 3.05) is 11.9 Å². The molecule has 0 radical (unpaired) electrons. The number of esters is 1. The van der Waals surface area contributed by atoms with Crippen LogP contribution in [0.4, 0.5) is 10.1 Å². The number of rotatable bonds is 2. The van der Waals surface area contributed by atoms with Gasteiger partial charge in [-0.3, -0.25) is 4.79 Å². The summed E-state index contributed by atoms with van der Waals surface area (Å²) in [7, 11) is 0. The van der Waals surface area contributed by atoms with Crippen molar-refractivity contribution in [1.29, 1.82) is 0 Å². The second-order valence-corrected chi connectivity index (χ2v) is 3.63. The third-order valence-electron chi connectivity index (χ3n) is 1.66. The van der Waals surface area contributed by atoms with Gasteiger partial charge in [-0.2, -0.15) is 0 Å². The molecule has 0 atom stereocenters. The lowest BCUT2D eigenvalue weighted by Crippen LogP contribution is -2.25. The van der Waals surface area contributed by atoms with E-state index in [-0.39, 0.29) is 12.3 Å². The molecule has 1 N–H and O–H groups in total. The smallest absolute Gasteiger partial charge is 0.397 e. The Balaban J connectivity index is 2.81. The highest BCUT2D eigenvalue weighted by molar-refractivity contribution is 9.10. The largest absolute Gasteiger partial charge is 0.459 e. The number of para-hydroxylation sites is 1. The maximum Gasteiger partial charge on any atom is 0.397 e. The number of hydrogen-bond acceptors (Lipinski definition) is 3. The highest BCUT2D eigenvalue weighted by Gasteiger charge is 2.17. The summed E-state index contributed by atoms with van der Waals surface area (Å²) in [5.41, 5.74) is -0.0828. The van der Waals surface area contributed by atoms with Crippen molar-refractivity contribution in [2.24, 2.45) is 0 Å². The van der Waals surface area contributed by atoms with Gasteiger partial charge in [0, 0.05) is 4.47 Å². The van der Waals surface area contributed by atoms with Gasteiger partial charge in [0.1, 0.15) is 5.82 Å². The van der Waals surface area contributed by atoms with Gasteiger partial charge >= 0.3 is 11.9 Å². The van der Waals surface area contributed by atoms with E-state index >= 15 is 0 Å². The highest BCUT2D eigenvalue weighted by Crippen LogP contribution is 2.24. The van der Waals surface area contributed by atoms with Crippen LogP contribution >= 0.6 is 15.9 Å². The molecule has 0 bridgehead atoms. The average Bonchev–Trinajstić information content (AvgIpc) is 2.23. The zero-order chi connectivity index (χ0) is 12.1. The van der Waals surface area contributed by atoms with E-state index < -0.39 is 17.7 Å². The van der Waals surface area contributed by atoms with Crippen LogP contribution in [0.2, 0.25) is 0 Å². The lowest BCUT2D eigenvalue weighted by Gasteiger charge is -2.07. The van der Waals surface area contributed by atoms with Gasteiger partial charge in [0.05, 0.1) is 12.3 Å². The molecule has 0 fully saturated rings. The fraction of sp³-hybridized carbons (Fsp3) is 0.200. The summed E-state index contributed by atoms with van der Waals surface area (Å²) in [5.74, 6) is -2.68. The van der Waals surface area contributed by atoms with Crippen LogP contribution in [0.3, 0.4) is 0 Å². The van der Waals surface area contributed by atoms with E-state index in [1.807, 2.05) is 0 Å². The molecule has 0 saturated heterocycles. The number of amides is 1. The number of halogens is 2. The van der Waals surface area contributed by atoms with Crippen molar-refractivity contribution in [3.63, 3.8) is 0 Å². The van der Waals surface area contributed by atoms with Gasteiger partial charge in [0.25, 0.3) is 0 Å². The topological polar surface area (TPSA) is 55.4 Å². The minimum Gasteiger partial charge on any atom is -0.459 e. The van der Waals surface area contributed by atoms with Gasteiger partial charge in [0.2, 0.25) is 0 Å². The highest BCUT2D eigenvalue weighted by atomic mass is 79.9.